The summed E-state index contributed by atoms with van der Waals surface area (Å²) >= 11 is 9.99. The van der Waals surface area contributed by atoms with Crippen molar-refractivity contribution in [3.05, 3.63) is 55.8 Å². The van der Waals surface area contributed by atoms with Crippen molar-refractivity contribution in [1.82, 2.24) is 14.8 Å². The fraction of sp³-hybridized carbons (Fsp3) is 0.154. The maximum atomic E-state index is 6.08. The summed E-state index contributed by atoms with van der Waals surface area (Å²) in [5.41, 5.74) is 4.97. The van der Waals surface area contributed by atoms with Gasteiger partial charge in [-0.2, -0.15) is 0 Å². The quantitative estimate of drug-likeness (QED) is 0.388. The SMILES string of the molecule is NNC(Cc1cn2ccsc2n1)c1cc(Cl)ccc1I. The molecule has 0 saturated carbocycles. The third-order valence-electron chi connectivity index (χ3n) is 3.09. The van der Waals surface area contributed by atoms with Crippen LogP contribution in [-0.2, 0) is 6.42 Å². The number of nitrogens with one attached hydrogen (secondary N) is 1. The number of fused-ring (bicyclic) bond motifs is 1. The van der Waals surface area contributed by atoms with Gasteiger partial charge in [-0.3, -0.25) is 15.7 Å². The lowest BCUT2D eigenvalue weighted by molar-refractivity contribution is 0.545. The van der Waals surface area contributed by atoms with Gasteiger partial charge in [0, 0.05) is 32.8 Å². The number of hydrazine groups is 1. The average molecular weight is 419 g/mol. The molecule has 3 rings (SSSR count). The number of halogens is 2. The number of rotatable bonds is 4. The molecule has 20 heavy (non-hydrogen) atoms. The van der Waals surface area contributed by atoms with E-state index in [0.29, 0.717) is 5.02 Å². The fourth-order valence-electron chi connectivity index (χ4n) is 2.12. The zero-order valence-corrected chi connectivity index (χ0v) is 14.1. The second-order valence-electron chi connectivity index (χ2n) is 4.41. The van der Waals surface area contributed by atoms with Gasteiger partial charge in [-0.15, -0.1) is 11.3 Å². The summed E-state index contributed by atoms with van der Waals surface area (Å²) in [5, 5.41) is 2.73. The van der Waals surface area contributed by atoms with Crippen molar-refractivity contribution in [2.24, 2.45) is 5.84 Å². The Hall–Kier alpha value is -0.670. The molecule has 2 aromatic heterocycles. The van der Waals surface area contributed by atoms with Gasteiger partial charge in [0.1, 0.15) is 0 Å². The summed E-state index contributed by atoms with van der Waals surface area (Å²) in [6.45, 7) is 0. The molecule has 104 valence electrons. The number of aromatic nitrogens is 2. The first-order valence-corrected chi connectivity index (χ1v) is 8.33. The average Bonchev–Trinajstić information content (AvgIpc) is 3.00. The molecule has 0 spiro atoms. The molecule has 0 fully saturated rings. The van der Waals surface area contributed by atoms with Gasteiger partial charge in [0.15, 0.2) is 4.96 Å². The lowest BCUT2D eigenvalue weighted by atomic mass is 10.0. The van der Waals surface area contributed by atoms with E-state index in [0.717, 1.165) is 26.2 Å². The van der Waals surface area contributed by atoms with Crippen molar-refractivity contribution in [2.75, 3.05) is 0 Å². The summed E-state index contributed by atoms with van der Waals surface area (Å²) in [4.78, 5) is 5.59. The van der Waals surface area contributed by atoms with Gasteiger partial charge in [0.05, 0.1) is 11.7 Å². The first-order chi connectivity index (χ1) is 9.67. The summed E-state index contributed by atoms with van der Waals surface area (Å²) in [6.07, 6.45) is 4.76. The fourth-order valence-corrected chi connectivity index (χ4v) is 3.73. The van der Waals surface area contributed by atoms with Crippen LogP contribution >= 0.6 is 45.5 Å². The Balaban J connectivity index is 1.89. The molecule has 1 unspecified atom stereocenters. The monoisotopic (exact) mass is 418 g/mol. The van der Waals surface area contributed by atoms with E-state index < -0.39 is 0 Å². The smallest absolute Gasteiger partial charge is 0.193 e. The van der Waals surface area contributed by atoms with E-state index in [2.05, 4.69) is 33.0 Å². The Morgan fingerprint density at radius 1 is 1.50 bits per heavy atom. The van der Waals surface area contributed by atoms with Gasteiger partial charge >= 0.3 is 0 Å². The molecule has 1 aromatic carbocycles. The predicted octanol–water partition coefficient (Wildman–Crippen LogP) is 3.40. The van der Waals surface area contributed by atoms with E-state index in [1.54, 1.807) is 11.3 Å². The molecule has 0 aliphatic heterocycles. The third kappa shape index (κ3) is 2.84. The largest absolute Gasteiger partial charge is 0.297 e. The lowest BCUT2D eigenvalue weighted by Gasteiger charge is -2.17. The minimum atomic E-state index is -0.00907. The third-order valence-corrected chi connectivity index (χ3v) is 5.08. The molecule has 0 aliphatic rings. The molecule has 0 amide bonds. The van der Waals surface area contributed by atoms with Crippen molar-refractivity contribution in [2.45, 2.75) is 12.5 Å². The van der Waals surface area contributed by atoms with E-state index in [1.165, 1.54) is 0 Å². The van der Waals surface area contributed by atoms with Crippen LogP contribution in [0.15, 0.2) is 36.0 Å². The van der Waals surface area contributed by atoms with Gasteiger partial charge in [0.25, 0.3) is 0 Å². The van der Waals surface area contributed by atoms with Crippen LogP contribution in [0.1, 0.15) is 17.3 Å². The van der Waals surface area contributed by atoms with Crippen LogP contribution in [0.2, 0.25) is 5.02 Å². The Labute approximate surface area is 139 Å². The van der Waals surface area contributed by atoms with E-state index in [-0.39, 0.29) is 6.04 Å². The molecule has 3 N–H and O–H groups in total. The second kappa shape index (κ2) is 5.98. The van der Waals surface area contributed by atoms with Crippen molar-refractivity contribution in [1.29, 1.82) is 0 Å². The zero-order valence-electron chi connectivity index (χ0n) is 10.4. The van der Waals surface area contributed by atoms with Crippen molar-refractivity contribution in [3.63, 3.8) is 0 Å². The van der Waals surface area contributed by atoms with Crippen molar-refractivity contribution >= 4 is 50.5 Å². The van der Waals surface area contributed by atoms with Crippen LogP contribution in [0.4, 0.5) is 0 Å². The molecule has 0 radical (unpaired) electrons. The van der Waals surface area contributed by atoms with E-state index in [1.807, 2.05) is 40.4 Å². The zero-order chi connectivity index (χ0) is 14.1. The first-order valence-electron chi connectivity index (χ1n) is 5.99. The van der Waals surface area contributed by atoms with Crippen LogP contribution in [0, 0.1) is 3.57 Å². The molecular weight excluding hydrogens is 407 g/mol. The van der Waals surface area contributed by atoms with E-state index in [9.17, 15) is 0 Å². The van der Waals surface area contributed by atoms with Gasteiger partial charge in [-0.05, 0) is 46.4 Å². The summed E-state index contributed by atoms with van der Waals surface area (Å²) in [7, 11) is 0. The van der Waals surface area contributed by atoms with Crippen LogP contribution in [0.5, 0.6) is 0 Å². The molecule has 3 aromatic rings. The first kappa shape index (κ1) is 14.3. The number of thiazole rings is 1. The van der Waals surface area contributed by atoms with Gasteiger partial charge in [0.2, 0.25) is 0 Å². The van der Waals surface area contributed by atoms with Crippen LogP contribution < -0.4 is 11.3 Å². The molecule has 2 heterocycles. The minimum Gasteiger partial charge on any atom is -0.297 e. The summed E-state index contributed by atoms with van der Waals surface area (Å²) < 4.78 is 3.16. The van der Waals surface area contributed by atoms with Crippen molar-refractivity contribution < 1.29 is 0 Å². The van der Waals surface area contributed by atoms with E-state index in [4.69, 9.17) is 17.4 Å². The molecular formula is C13H12ClIN4S. The maximum absolute atomic E-state index is 6.08. The Morgan fingerprint density at radius 3 is 3.10 bits per heavy atom. The Kier molecular flexibility index (Phi) is 4.27. The number of hydrogen-bond donors (Lipinski definition) is 2. The number of nitrogens with two attached hydrogens (primary N) is 1. The predicted molar refractivity (Wildman–Crippen MR) is 91.0 cm³/mol. The number of imidazole rings is 1. The maximum Gasteiger partial charge on any atom is 0.193 e. The normalized spacial score (nSPS) is 12.9. The standard InChI is InChI=1S/C13H12ClIN4S/c14-8-1-2-11(15)10(5-8)12(18-16)6-9-7-19-3-4-20-13(19)17-9/h1-5,7,12,18H,6,16H2. The second-order valence-corrected chi connectivity index (χ2v) is 6.89. The van der Waals surface area contributed by atoms with Gasteiger partial charge < -0.3 is 0 Å². The Morgan fingerprint density at radius 2 is 2.35 bits per heavy atom. The minimum absolute atomic E-state index is 0.00907. The highest BCUT2D eigenvalue weighted by molar-refractivity contribution is 14.1. The van der Waals surface area contributed by atoms with Crippen molar-refractivity contribution in [3.8, 4) is 0 Å². The van der Waals surface area contributed by atoms with Crippen LogP contribution in [-0.4, -0.2) is 9.38 Å². The van der Waals surface area contributed by atoms with Gasteiger partial charge in [-0.25, -0.2) is 4.98 Å². The number of nitrogens with zero attached hydrogens (tertiary/aromatic N) is 2. The number of benzene rings is 1. The summed E-state index contributed by atoms with van der Waals surface area (Å²) in [6, 6.07) is 5.82. The lowest BCUT2D eigenvalue weighted by Crippen LogP contribution is -2.30. The molecule has 7 heteroatoms. The van der Waals surface area contributed by atoms with Crippen LogP contribution in [0.25, 0.3) is 4.96 Å². The summed E-state index contributed by atoms with van der Waals surface area (Å²) in [5.74, 6) is 5.71. The molecule has 0 bridgehead atoms. The molecule has 1 atom stereocenters. The molecule has 0 aliphatic carbocycles. The highest BCUT2D eigenvalue weighted by Gasteiger charge is 2.16. The molecule has 0 saturated heterocycles. The van der Waals surface area contributed by atoms with Crippen LogP contribution in [0.3, 0.4) is 0 Å². The molecule has 4 nitrogen and oxygen atoms in total. The number of hydrogen-bond acceptors (Lipinski definition) is 4. The highest BCUT2D eigenvalue weighted by atomic mass is 127. The Bertz CT molecular complexity index is 710. The van der Waals surface area contributed by atoms with Gasteiger partial charge in [-0.1, -0.05) is 11.6 Å². The topological polar surface area (TPSA) is 55.3 Å². The highest BCUT2D eigenvalue weighted by Crippen LogP contribution is 2.26. The van der Waals surface area contributed by atoms with E-state index >= 15 is 0 Å².